The van der Waals surface area contributed by atoms with E-state index in [1.165, 1.54) is 18.3 Å². The van der Waals surface area contributed by atoms with E-state index in [0.29, 0.717) is 5.02 Å². The monoisotopic (exact) mass is 334 g/mol. The minimum atomic E-state index is -0.702. The fourth-order valence-electron chi connectivity index (χ4n) is 1.78. The summed E-state index contributed by atoms with van der Waals surface area (Å²) in [5, 5.41) is 9.87. The summed E-state index contributed by atoms with van der Waals surface area (Å²) in [5.74, 6) is -1.35. The Hall–Kier alpha value is -2.36. The Bertz CT molecular complexity index is 829. The zero-order valence-corrected chi connectivity index (χ0v) is 13.1. The molecule has 0 amide bonds. The number of thiophene rings is 1. The SMILES string of the molecule is C/C(N)=C(/C#N)C(=O)COC(=O)c1sc2ccccc2c1Cl. The lowest BCUT2D eigenvalue weighted by atomic mass is 10.1. The average Bonchev–Trinajstić information content (AvgIpc) is 2.83. The van der Waals surface area contributed by atoms with Gasteiger partial charge < -0.3 is 10.5 Å². The van der Waals surface area contributed by atoms with Crippen molar-refractivity contribution >= 4 is 44.8 Å². The maximum Gasteiger partial charge on any atom is 0.350 e. The van der Waals surface area contributed by atoms with Crippen molar-refractivity contribution in [3.05, 3.63) is 45.4 Å². The summed E-state index contributed by atoms with van der Waals surface area (Å²) < 4.78 is 5.78. The fraction of sp³-hybridized carbons (Fsp3) is 0.133. The van der Waals surface area contributed by atoms with E-state index in [9.17, 15) is 9.59 Å². The van der Waals surface area contributed by atoms with Gasteiger partial charge in [0.05, 0.1) is 5.02 Å². The van der Waals surface area contributed by atoms with Crippen LogP contribution in [0.25, 0.3) is 10.1 Å². The topological polar surface area (TPSA) is 93.2 Å². The Kier molecular flexibility index (Phi) is 4.81. The first-order valence-corrected chi connectivity index (χ1v) is 7.39. The summed E-state index contributed by atoms with van der Waals surface area (Å²) in [6.45, 7) is 0.877. The lowest BCUT2D eigenvalue weighted by Crippen LogP contribution is -2.17. The third kappa shape index (κ3) is 3.11. The first kappa shape index (κ1) is 16.0. The van der Waals surface area contributed by atoms with Crippen LogP contribution in [0.5, 0.6) is 0 Å². The highest BCUT2D eigenvalue weighted by Gasteiger charge is 2.20. The number of nitrogens with zero attached hydrogens (tertiary/aromatic N) is 1. The molecule has 0 saturated heterocycles. The van der Waals surface area contributed by atoms with Crippen molar-refractivity contribution in [1.82, 2.24) is 0 Å². The van der Waals surface area contributed by atoms with Crippen LogP contribution < -0.4 is 5.73 Å². The van der Waals surface area contributed by atoms with Crippen molar-refractivity contribution in [3.63, 3.8) is 0 Å². The second-order valence-electron chi connectivity index (χ2n) is 4.41. The van der Waals surface area contributed by atoms with E-state index in [-0.39, 0.29) is 16.1 Å². The number of nitriles is 1. The predicted molar refractivity (Wildman–Crippen MR) is 84.6 cm³/mol. The second kappa shape index (κ2) is 6.60. The summed E-state index contributed by atoms with van der Waals surface area (Å²) in [4.78, 5) is 24.0. The molecule has 0 aliphatic carbocycles. The van der Waals surface area contributed by atoms with Gasteiger partial charge in [-0.05, 0) is 13.0 Å². The minimum Gasteiger partial charge on any atom is -0.453 e. The molecular weight excluding hydrogens is 324 g/mol. The van der Waals surface area contributed by atoms with Crippen LogP contribution in [-0.4, -0.2) is 18.4 Å². The van der Waals surface area contributed by atoms with Gasteiger partial charge in [-0.25, -0.2) is 4.79 Å². The number of allylic oxidation sites excluding steroid dienone is 1. The number of benzene rings is 1. The molecule has 0 spiro atoms. The first-order valence-electron chi connectivity index (χ1n) is 6.19. The van der Waals surface area contributed by atoms with Gasteiger partial charge in [0, 0.05) is 15.8 Å². The number of Topliss-reactive ketones (excluding diaryl/α,β-unsaturated/α-hetero) is 1. The molecule has 2 N–H and O–H groups in total. The van der Waals surface area contributed by atoms with Crippen molar-refractivity contribution in [2.75, 3.05) is 6.61 Å². The van der Waals surface area contributed by atoms with Crippen LogP contribution >= 0.6 is 22.9 Å². The first-order chi connectivity index (χ1) is 10.5. The molecule has 0 radical (unpaired) electrons. The Morgan fingerprint density at radius 2 is 2.09 bits per heavy atom. The molecule has 22 heavy (non-hydrogen) atoms. The number of ether oxygens (including phenoxy) is 1. The van der Waals surface area contributed by atoms with E-state index in [1.807, 2.05) is 18.2 Å². The third-order valence-corrected chi connectivity index (χ3v) is 4.50. The van der Waals surface area contributed by atoms with Crippen molar-refractivity contribution in [2.24, 2.45) is 5.73 Å². The fourth-order valence-corrected chi connectivity index (χ4v) is 3.19. The van der Waals surface area contributed by atoms with Crippen molar-refractivity contribution in [2.45, 2.75) is 6.92 Å². The van der Waals surface area contributed by atoms with Gasteiger partial charge >= 0.3 is 5.97 Å². The van der Waals surface area contributed by atoms with Crippen LogP contribution in [0.1, 0.15) is 16.6 Å². The van der Waals surface area contributed by atoms with Gasteiger partial charge in [0.25, 0.3) is 0 Å². The highest BCUT2D eigenvalue weighted by molar-refractivity contribution is 7.21. The van der Waals surface area contributed by atoms with E-state index >= 15 is 0 Å². The van der Waals surface area contributed by atoms with Crippen molar-refractivity contribution in [3.8, 4) is 6.07 Å². The number of nitrogens with two attached hydrogens (primary N) is 1. The Morgan fingerprint density at radius 1 is 1.41 bits per heavy atom. The molecule has 112 valence electrons. The predicted octanol–water partition coefficient (Wildman–Crippen LogP) is 3.04. The normalized spacial score (nSPS) is 11.7. The molecule has 0 aliphatic heterocycles. The summed E-state index contributed by atoms with van der Waals surface area (Å²) in [5.41, 5.74) is 5.29. The van der Waals surface area contributed by atoms with E-state index in [0.717, 1.165) is 10.1 Å². The molecule has 0 unspecified atom stereocenters. The lowest BCUT2D eigenvalue weighted by molar-refractivity contribution is -0.118. The standard InChI is InChI=1S/C15H11ClN2O3S/c1-8(18)10(6-17)11(19)7-21-15(20)14-13(16)9-4-2-3-5-12(9)22-14/h2-5H,7,18H2,1H3/b10-8+. The van der Waals surface area contributed by atoms with Gasteiger partial charge in [-0.3, -0.25) is 4.79 Å². The molecule has 0 aliphatic rings. The number of esters is 1. The molecule has 1 heterocycles. The molecule has 1 aromatic carbocycles. The molecule has 0 bridgehead atoms. The zero-order valence-electron chi connectivity index (χ0n) is 11.6. The minimum absolute atomic E-state index is 0.0865. The molecule has 0 saturated carbocycles. The van der Waals surface area contributed by atoms with Crippen LogP contribution in [0, 0.1) is 11.3 Å². The summed E-state index contributed by atoms with van der Waals surface area (Å²) in [6.07, 6.45) is 0. The van der Waals surface area contributed by atoms with Gasteiger partial charge in [-0.2, -0.15) is 5.26 Å². The van der Waals surface area contributed by atoms with Crippen LogP contribution in [0.15, 0.2) is 35.5 Å². The van der Waals surface area contributed by atoms with Gasteiger partial charge in [0.15, 0.2) is 6.61 Å². The summed E-state index contributed by atoms with van der Waals surface area (Å²) >= 11 is 7.34. The van der Waals surface area contributed by atoms with E-state index in [1.54, 1.807) is 12.1 Å². The van der Waals surface area contributed by atoms with E-state index in [4.69, 9.17) is 27.3 Å². The molecule has 2 rings (SSSR count). The average molecular weight is 335 g/mol. The number of halogens is 1. The number of hydrogen-bond donors (Lipinski definition) is 1. The van der Waals surface area contributed by atoms with Gasteiger partial charge in [-0.1, -0.05) is 29.8 Å². The van der Waals surface area contributed by atoms with E-state index in [2.05, 4.69) is 0 Å². The number of ketones is 1. The Morgan fingerprint density at radius 3 is 2.68 bits per heavy atom. The van der Waals surface area contributed by atoms with Crippen molar-refractivity contribution in [1.29, 1.82) is 5.26 Å². The maximum absolute atomic E-state index is 12.0. The summed E-state index contributed by atoms with van der Waals surface area (Å²) in [6, 6.07) is 8.97. The number of fused-ring (bicyclic) bond motifs is 1. The van der Waals surface area contributed by atoms with Crippen molar-refractivity contribution < 1.29 is 14.3 Å². The summed E-state index contributed by atoms with van der Waals surface area (Å²) in [7, 11) is 0. The quantitative estimate of drug-likeness (QED) is 0.527. The number of carbonyl (C=O) groups is 2. The van der Waals surface area contributed by atoms with Crippen LogP contribution in [0.2, 0.25) is 5.02 Å². The number of hydrogen-bond acceptors (Lipinski definition) is 6. The van der Waals surface area contributed by atoms with E-state index < -0.39 is 18.4 Å². The molecule has 0 fully saturated rings. The molecule has 7 heteroatoms. The second-order valence-corrected chi connectivity index (χ2v) is 5.84. The highest BCUT2D eigenvalue weighted by Crippen LogP contribution is 2.35. The molecule has 1 aromatic heterocycles. The zero-order chi connectivity index (χ0) is 16.3. The van der Waals surface area contributed by atoms with Gasteiger partial charge in [0.1, 0.15) is 16.5 Å². The maximum atomic E-state index is 12.0. The molecule has 2 aromatic rings. The molecule has 0 atom stereocenters. The number of rotatable bonds is 4. The largest absolute Gasteiger partial charge is 0.453 e. The highest BCUT2D eigenvalue weighted by atomic mass is 35.5. The van der Waals surface area contributed by atoms with Crippen LogP contribution in [0.3, 0.4) is 0 Å². The molecular formula is C15H11ClN2O3S. The third-order valence-electron chi connectivity index (χ3n) is 2.84. The molecule has 5 nitrogen and oxygen atoms in total. The Labute approximate surface area is 135 Å². The Balaban J connectivity index is 2.16. The number of carbonyl (C=O) groups excluding carboxylic acids is 2. The van der Waals surface area contributed by atoms with Gasteiger partial charge in [0.2, 0.25) is 5.78 Å². The van der Waals surface area contributed by atoms with Crippen LogP contribution in [-0.2, 0) is 9.53 Å². The van der Waals surface area contributed by atoms with Gasteiger partial charge in [-0.15, -0.1) is 11.3 Å². The lowest BCUT2D eigenvalue weighted by Gasteiger charge is -2.03. The smallest absolute Gasteiger partial charge is 0.350 e. The van der Waals surface area contributed by atoms with Crippen LogP contribution in [0.4, 0.5) is 0 Å².